The standard InChI is InChI=1S/C24H40O4/c1-16-8-9-20-22(3,4)12-7-13-24(20,6)18(16)10-14-23(5)15-11-19(27-28-23)17(2)21(25)26/h17,19-20H,7-15H2,1-6H3,(H,25,26)/t17-,19-,20-,23-,24+/m1/s1. The summed E-state index contributed by atoms with van der Waals surface area (Å²) in [4.78, 5) is 22.6. The molecule has 5 atom stereocenters. The number of carboxylic acid groups (broad SMARTS) is 1. The predicted molar refractivity (Wildman–Crippen MR) is 111 cm³/mol. The Bertz CT molecular complexity index is 627. The van der Waals surface area contributed by atoms with Gasteiger partial charge in [0.1, 0.15) is 11.7 Å². The Morgan fingerprint density at radius 2 is 1.89 bits per heavy atom. The summed E-state index contributed by atoms with van der Waals surface area (Å²) in [5.41, 5.74) is 3.68. The zero-order valence-corrected chi connectivity index (χ0v) is 18.8. The fourth-order valence-electron chi connectivity index (χ4n) is 6.45. The van der Waals surface area contributed by atoms with Crippen LogP contribution in [0.25, 0.3) is 0 Å². The van der Waals surface area contributed by atoms with Crippen LogP contribution in [0.3, 0.4) is 0 Å². The van der Waals surface area contributed by atoms with Crippen molar-refractivity contribution < 1.29 is 19.7 Å². The molecule has 0 aromatic heterocycles. The number of carboxylic acids is 1. The molecular weight excluding hydrogens is 352 g/mol. The topological polar surface area (TPSA) is 55.8 Å². The second-order valence-corrected chi connectivity index (χ2v) is 10.9. The van der Waals surface area contributed by atoms with E-state index >= 15 is 0 Å². The average Bonchev–Trinajstić information content (AvgIpc) is 2.60. The predicted octanol–water partition coefficient (Wildman–Crippen LogP) is 6.30. The van der Waals surface area contributed by atoms with E-state index in [2.05, 4.69) is 34.6 Å². The molecule has 2 aliphatic carbocycles. The summed E-state index contributed by atoms with van der Waals surface area (Å²) in [6.07, 6.45) is 9.78. The molecule has 2 fully saturated rings. The highest BCUT2D eigenvalue weighted by Gasteiger charge is 2.50. The van der Waals surface area contributed by atoms with Gasteiger partial charge >= 0.3 is 5.97 Å². The molecule has 1 N–H and O–H groups in total. The van der Waals surface area contributed by atoms with Crippen molar-refractivity contribution in [1.82, 2.24) is 0 Å². The third-order valence-electron chi connectivity index (χ3n) is 8.42. The van der Waals surface area contributed by atoms with Crippen LogP contribution in [-0.4, -0.2) is 22.8 Å². The van der Waals surface area contributed by atoms with Gasteiger partial charge < -0.3 is 5.11 Å². The van der Waals surface area contributed by atoms with Gasteiger partial charge in [0, 0.05) is 0 Å². The number of allylic oxidation sites excluding steroid dienone is 2. The van der Waals surface area contributed by atoms with Gasteiger partial charge in [0.15, 0.2) is 0 Å². The maximum absolute atomic E-state index is 11.2. The van der Waals surface area contributed by atoms with Crippen LogP contribution in [0.2, 0.25) is 0 Å². The molecule has 0 radical (unpaired) electrons. The van der Waals surface area contributed by atoms with Crippen LogP contribution in [0.15, 0.2) is 11.1 Å². The van der Waals surface area contributed by atoms with Gasteiger partial charge in [-0.05, 0) is 88.9 Å². The molecule has 0 spiro atoms. The van der Waals surface area contributed by atoms with E-state index in [0.717, 1.165) is 31.6 Å². The molecule has 0 amide bonds. The van der Waals surface area contributed by atoms with Gasteiger partial charge in [-0.3, -0.25) is 4.79 Å². The second-order valence-electron chi connectivity index (χ2n) is 10.9. The van der Waals surface area contributed by atoms with Crippen LogP contribution in [0.5, 0.6) is 0 Å². The van der Waals surface area contributed by atoms with Crippen LogP contribution in [0, 0.1) is 22.7 Å². The normalized spacial score (nSPS) is 39.4. The SMILES string of the molecule is CC1=C(CC[C@]2(C)CC[C@H]([C@@H](C)C(=O)O)OO2)[C@]2(C)CCCC(C)(C)[C@H]2CC1. The van der Waals surface area contributed by atoms with E-state index in [-0.39, 0.29) is 11.7 Å². The van der Waals surface area contributed by atoms with Crippen LogP contribution in [-0.2, 0) is 14.6 Å². The van der Waals surface area contributed by atoms with Gasteiger partial charge in [-0.2, -0.15) is 0 Å². The zero-order chi connectivity index (χ0) is 20.7. The number of aliphatic carboxylic acids is 1. The molecular formula is C24H40O4. The molecule has 160 valence electrons. The number of fused-ring (bicyclic) bond motifs is 1. The van der Waals surface area contributed by atoms with Gasteiger partial charge in [-0.1, -0.05) is 38.3 Å². The maximum atomic E-state index is 11.2. The lowest BCUT2D eigenvalue weighted by atomic mass is 9.50. The molecule has 0 aromatic carbocycles. The van der Waals surface area contributed by atoms with E-state index in [1.54, 1.807) is 18.1 Å². The highest BCUT2D eigenvalue weighted by Crippen LogP contribution is 2.60. The first-order valence-corrected chi connectivity index (χ1v) is 11.2. The molecule has 0 aromatic rings. The van der Waals surface area contributed by atoms with Crippen molar-refractivity contribution in [2.75, 3.05) is 0 Å². The van der Waals surface area contributed by atoms with Crippen LogP contribution in [0.4, 0.5) is 0 Å². The van der Waals surface area contributed by atoms with E-state index in [4.69, 9.17) is 9.78 Å². The Labute approximate surface area is 171 Å². The van der Waals surface area contributed by atoms with E-state index in [9.17, 15) is 9.90 Å². The van der Waals surface area contributed by atoms with Gasteiger partial charge in [0.25, 0.3) is 0 Å². The molecule has 4 nitrogen and oxygen atoms in total. The molecule has 0 unspecified atom stereocenters. The number of rotatable bonds is 5. The summed E-state index contributed by atoms with van der Waals surface area (Å²) in [5, 5.41) is 9.21. The minimum atomic E-state index is -0.820. The molecule has 0 bridgehead atoms. The molecule has 1 heterocycles. The number of hydrogen-bond donors (Lipinski definition) is 1. The Balaban J connectivity index is 1.67. The minimum Gasteiger partial charge on any atom is -0.481 e. The van der Waals surface area contributed by atoms with Crippen molar-refractivity contribution in [3.63, 3.8) is 0 Å². The Morgan fingerprint density at radius 1 is 1.18 bits per heavy atom. The first-order valence-electron chi connectivity index (χ1n) is 11.2. The fraction of sp³-hybridized carbons (Fsp3) is 0.875. The van der Waals surface area contributed by atoms with Crippen molar-refractivity contribution in [3.05, 3.63) is 11.1 Å². The molecule has 3 aliphatic rings. The second kappa shape index (κ2) is 7.75. The maximum Gasteiger partial charge on any atom is 0.308 e. The summed E-state index contributed by atoms with van der Waals surface area (Å²) in [7, 11) is 0. The molecule has 4 heteroatoms. The average molecular weight is 393 g/mol. The van der Waals surface area contributed by atoms with Crippen LogP contribution < -0.4 is 0 Å². The third kappa shape index (κ3) is 4.05. The van der Waals surface area contributed by atoms with Crippen molar-refractivity contribution in [2.45, 2.75) is 111 Å². The number of carbonyl (C=O) groups is 1. The van der Waals surface area contributed by atoms with Gasteiger partial charge in [-0.25, -0.2) is 9.78 Å². The van der Waals surface area contributed by atoms with Crippen molar-refractivity contribution in [1.29, 1.82) is 0 Å². The van der Waals surface area contributed by atoms with Crippen LogP contribution in [0.1, 0.15) is 99.3 Å². The highest BCUT2D eigenvalue weighted by molar-refractivity contribution is 5.70. The van der Waals surface area contributed by atoms with E-state index in [1.807, 2.05) is 0 Å². The lowest BCUT2D eigenvalue weighted by Crippen LogP contribution is -2.46. The molecule has 1 aliphatic heterocycles. The lowest BCUT2D eigenvalue weighted by molar-refractivity contribution is -0.411. The summed E-state index contributed by atoms with van der Waals surface area (Å²) >= 11 is 0. The van der Waals surface area contributed by atoms with Gasteiger partial charge in [0.2, 0.25) is 0 Å². The third-order valence-corrected chi connectivity index (χ3v) is 8.42. The molecule has 1 saturated carbocycles. The molecule has 3 rings (SSSR count). The first-order chi connectivity index (χ1) is 13.0. The van der Waals surface area contributed by atoms with Crippen molar-refractivity contribution in [3.8, 4) is 0 Å². The first kappa shape index (κ1) is 21.8. The van der Waals surface area contributed by atoms with E-state index in [0.29, 0.717) is 10.8 Å². The Morgan fingerprint density at radius 3 is 2.50 bits per heavy atom. The minimum absolute atomic E-state index is 0.316. The smallest absolute Gasteiger partial charge is 0.308 e. The fourth-order valence-corrected chi connectivity index (χ4v) is 6.45. The monoisotopic (exact) mass is 392 g/mol. The highest BCUT2D eigenvalue weighted by atomic mass is 17.2. The van der Waals surface area contributed by atoms with Crippen LogP contribution >= 0.6 is 0 Å². The zero-order valence-electron chi connectivity index (χ0n) is 18.8. The van der Waals surface area contributed by atoms with E-state index < -0.39 is 11.9 Å². The lowest BCUT2D eigenvalue weighted by Gasteiger charge is -2.55. The van der Waals surface area contributed by atoms with Crippen molar-refractivity contribution >= 4 is 5.97 Å². The Hall–Kier alpha value is -0.870. The summed E-state index contributed by atoms with van der Waals surface area (Å²) in [5.74, 6) is -0.583. The number of hydrogen-bond acceptors (Lipinski definition) is 3. The van der Waals surface area contributed by atoms with E-state index in [1.165, 1.54) is 32.1 Å². The van der Waals surface area contributed by atoms with Gasteiger partial charge in [0.05, 0.1) is 5.92 Å². The van der Waals surface area contributed by atoms with Crippen molar-refractivity contribution in [2.24, 2.45) is 22.7 Å². The quantitative estimate of drug-likeness (QED) is 0.440. The molecule has 28 heavy (non-hydrogen) atoms. The summed E-state index contributed by atoms with van der Waals surface area (Å²) < 4.78 is 0. The largest absolute Gasteiger partial charge is 0.481 e. The summed E-state index contributed by atoms with van der Waals surface area (Å²) in [6, 6.07) is 0. The van der Waals surface area contributed by atoms with Gasteiger partial charge in [-0.15, -0.1) is 0 Å². The molecule has 1 saturated heterocycles. The Kier molecular flexibility index (Phi) is 6.05. The summed E-state index contributed by atoms with van der Waals surface area (Å²) in [6.45, 7) is 13.6.